The predicted octanol–water partition coefficient (Wildman–Crippen LogP) is 4.83. The Morgan fingerprint density at radius 3 is 2.91 bits per heavy atom. The molecule has 5 rings (SSSR count). The van der Waals surface area contributed by atoms with Crippen LogP contribution in [0.1, 0.15) is 39.0 Å². The van der Waals surface area contributed by atoms with E-state index in [0.717, 1.165) is 35.8 Å². The van der Waals surface area contributed by atoms with Crippen molar-refractivity contribution in [1.82, 2.24) is 4.90 Å². The molecule has 0 bridgehead atoms. The quantitative estimate of drug-likeness (QED) is 0.471. The Bertz CT molecular complexity index is 1060. The van der Waals surface area contributed by atoms with Gasteiger partial charge < -0.3 is 19.5 Å². The van der Waals surface area contributed by atoms with E-state index < -0.39 is 6.10 Å². The molecule has 3 fully saturated rings. The molecule has 1 saturated heterocycles. The van der Waals surface area contributed by atoms with E-state index in [9.17, 15) is 9.90 Å². The molecule has 0 aromatic heterocycles. The van der Waals surface area contributed by atoms with Crippen LogP contribution in [-0.2, 0) is 9.53 Å². The fourth-order valence-electron chi connectivity index (χ4n) is 6.80. The summed E-state index contributed by atoms with van der Waals surface area (Å²) in [5.74, 6) is 1.30. The van der Waals surface area contributed by atoms with E-state index in [1.807, 2.05) is 37.4 Å². The Kier molecular flexibility index (Phi) is 6.43. The standard InChI is InChI=1S/C29H37NO4/c1-19-8-7-13-29(2)15-27-23(14-25(19)29)24(28(32)34-27)17-30(3)16-21(31)18-33-26-12-6-10-20-9-4-5-11-22(20)26/h4-6,9-12,21,23-25,27,31H,1,7-8,13-18H2,2-3H3. The second kappa shape index (κ2) is 9.35. The Morgan fingerprint density at radius 1 is 1.26 bits per heavy atom. The number of aliphatic hydroxyl groups is 1. The van der Waals surface area contributed by atoms with Gasteiger partial charge in [-0.2, -0.15) is 0 Å². The molecule has 182 valence electrons. The van der Waals surface area contributed by atoms with Crippen molar-refractivity contribution < 1.29 is 19.4 Å². The van der Waals surface area contributed by atoms with Gasteiger partial charge in [0.05, 0.1) is 5.92 Å². The molecule has 1 aliphatic heterocycles. The summed E-state index contributed by atoms with van der Waals surface area (Å²) in [7, 11) is 1.97. The highest BCUT2D eigenvalue weighted by atomic mass is 16.6. The summed E-state index contributed by atoms with van der Waals surface area (Å²) >= 11 is 0. The minimum Gasteiger partial charge on any atom is -0.490 e. The van der Waals surface area contributed by atoms with Crippen molar-refractivity contribution in [3.8, 4) is 5.75 Å². The molecule has 6 unspecified atom stereocenters. The van der Waals surface area contributed by atoms with Crippen LogP contribution in [0.4, 0.5) is 0 Å². The van der Waals surface area contributed by atoms with Crippen molar-refractivity contribution in [2.45, 2.75) is 51.2 Å². The number of benzene rings is 2. The zero-order valence-corrected chi connectivity index (χ0v) is 20.4. The molecule has 5 nitrogen and oxygen atoms in total. The molecule has 1 N–H and O–H groups in total. The van der Waals surface area contributed by atoms with Gasteiger partial charge in [-0.05, 0) is 61.9 Å². The smallest absolute Gasteiger partial charge is 0.310 e. The Morgan fingerprint density at radius 2 is 2.06 bits per heavy atom. The van der Waals surface area contributed by atoms with Crippen LogP contribution < -0.4 is 4.74 Å². The van der Waals surface area contributed by atoms with Crippen molar-refractivity contribution in [3.63, 3.8) is 0 Å². The number of ether oxygens (including phenoxy) is 2. The lowest BCUT2D eigenvalue weighted by Crippen LogP contribution is -2.46. The summed E-state index contributed by atoms with van der Waals surface area (Å²) in [5.41, 5.74) is 1.58. The second-order valence-electron chi connectivity index (χ2n) is 11.1. The molecule has 2 aliphatic carbocycles. The van der Waals surface area contributed by atoms with Gasteiger partial charge in [0.25, 0.3) is 0 Å². The van der Waals surface area contributed by atoms with Gasteiger partial charge >= 0.3 is 5.97 Å². The van der Waals surface area contributed by atoms with E-state index in [1.165, 1.54) is 18.4 Å². The van der Waals surface area contributed by atoms with E-state index in [1.54, 1.807) is 0 Å². The average Bonchev–Trinajstić information content (AvgIpc) is 3.09. The SMILES string of the molecule is C=C1CCCC2(C)CC3OC(=O)C(CN(C)CC(O)COc4cccc5ccccc45)C3CC12. The van der Waals surface area contributed by atoms with E-state index in [2.05, 4.69) is 30.5 Å². The molecular formula is C29H37NO4. The molecule has 1 heterocycles. The van der Waals surface area contributed by atoms with Crippen molar-refractivity contribution in [1.29, 1.82) is 0 Å². The summed E-state index contributed by atoms with van der Waals surface area (Å²) in [4.78, 5) is 14.9. The molecule has 2 aromatic rings. The number of likely N-dealkylation sites (N-methyl/N-ethyl adjacent to an activating group) is 1. The molecule has 5 heteroatoms. The molecule has 0 amide bonds. The van der Waals surface area contributed by atoms with Crippen molar-refractivity contribution in [2.75, 3.05) is 26.7 Å². The molecule has 0 radical (unpaired) electrons. The molecule has 0 spiro atoms. The fraction of sp³-hybridized carbons (Fsp3) is 0.552. The van der Waals surface area contributed by atoms with Gasteiger partial charge in [-0.25, -0.2) is 0 Å². The Hall–Kier alpha value is -2.37. The first-order chi connectivity index (χ1) is 16.3. The number of nitrogens with zero attached hydrogens (tertiary/aromatic N) is 1. The van der Waals surface area contributed by atoms with Gasteiger partial charge in [0, 0.05) is 24.4 Å². The predicted molar refractivity (Wildman–Crippen MR) is 134 cm³/mol. The minimum atomic E-state index is -0.648. The van der Waals surface area contributed by atoms with Crippen LogP contribution >= 0.6 is 0 Å². The highest BCUT2D eigenvalue weighted by Gasteiger charge is 2.55. The molecule has 3 aliphatic rings. The number of aliphatic hydroxyl groups excluding tert-OH is 1. The van der Waals surface area contributed by atoms with Crippen LogP contribution in [0.5, 0.6) is 5.75 Å². The normalized spacial score (nSPS) is 31.8. The number of fused-ring (bicyclic) bond motifs is 3. The van der Waals surface area contributed by atoms with Crippen LogP contribution in [0.15, 0.2) is 54.6 Å². The topological polar surface area (TPSA) is 59.0 Å². The van der Waals surface area contributed by atoms with Crippen LogP contribution in [0.2, 0.25) is 0 Å². The largest absolute Gasteiger partial charge is 0.490 e. The van der Waals surface area contributed by atoms with E-state index in [4.69, 9.17) is 9.47 Å². The number of rotatable bonds is 7. The highest BCUT2D eigenvalue weighted by Crippen LogP contribution is 2.56. The van der Waals surface area contributed by atoms with Crippen molar-refractivity contribution in [3.05, 3.63) is 54.6 Å². The van der Waals surface area contributed by atoms with E-state index in [-0.39, 0.29) is 35.9 Å². The lowest BCUT2D eigenvalue weighted by molar-refractivity contribution is -0.146. The van der Waals surface area contributed by atoms with Gasteiger partial charge in [0.2, 0.25) is 0 Å². The zero-order chi connectivity index (χ0) is 23.9. The van der Waals surface area contributed by atoms with Crippen molar-refractivity contribution in [2.24, 2.45) is 23.2 Å². The first-order valence-corrected chi connectivity index (χ1v) is 12.7. The molecule has 6 atom stereocenters. The monoisotopic (exact) mass is 463 g/mol. The van der Waals surface area contributed by atoms with Gasteiger partial charge in [0.15, 0.2) is 0 Å². The lowest BCUT2D eigenvalue weighted by Gasteiger charge is -2.50. The number of esters is 1. The van der Waals surface area contributed by atoms with Gasteiger partial charge in [-0.1, -0.05) is 55.5 Å². The van der Waals surface area contributed by atoms with Crippen LogP contribution in [0, 0.1) is 23.2 Å². The summed E-state index contributed by atoms with van der Waals surface area (Å²) in [6, 6.07) is 14.0. The Balaban J connectivity index is 1.17. The number of hydrogen-bond acceptors (Lipinski definition) is 5. The maximum Gasteiger partial charge on any atom is 0.310 e. The zero-order valence-electron chi connectivity index (χ0n) is 20.4. The first-order valence-electron chi connectivity index (χ1n) is 12.7. The number of carbonyl (C=O) groups is 1. The Labute approximate surface area is 202 Å². The highest BCUT2D eigenvalue weighted by molar-refractivity contribution is 5.88. The maximum absolute atomic E-state index is 12.8. The third-order valence-electron chi connectivity index (χ3n) is 8.53. The summed E-state index contributed by atoms with van der Waals surface area (Å²) in [6.07, 6.45) is 4.83. The van der Waals surface area contributed by atoms with Crippen LogP contribution in [0.25, 0.3) is 10.8 Å². The van der Waals surface area contributed by atoms with Gasteiger partial charge in [-0.3, -0.25) is 4.79 Å². The van der Waals surface area contributed by atoms with Crippen LogP contribution in [0.3, 0.4) is 0 Å². The summed E-state index contributed by atoms with van der Waals surface area (Å²) in [6.45, 7) is 7.99. The third-order valence-corrected chi connectivity index (χ3v) is 8.53. The van der Waals surface area contributed by atoms with E-state index in [0.29, 0.717) is 19.0 Å². The van der Waals surface area contributed by atoms with E-state index >= 15 is 0 Å². The second-order valence-corrected chi connectivity index (χ2v) is 11.1. The number of hydrogen-bond donors (Lipinski definition) is 1. The van der Waals surface area contributed by atoms with Crippen LogP contribution in [-0.4, -0.2) is 54.9 Å². The minimum absolute atomic E-state index is 0.0256. The lowest BCUT2D eigenvalue weighted by atomic mass is 9.55. The third kappa shape index (κ3) is 4.48. The fourth-order valence-corrected chi connectivity index (χ4v) is 6.80. The summed E-state index contributed by atoms with van der Waals surface area (Å²) < 4.78 is 11.9. The molecule has 2 aromatic carbocycles. The number of carbonyl (C=O) groups excluding carboxylic acids is 1. The maximum atomic E-state index is 12.8. The van der Waals surface area contributed by atoms with Gasteiger partial charge in [-0.15, -0.1) is 0 Å². The average molecular weight is 464 g/mol. The van der Waals surface area contributed by atoms with Gasteiger partial charge in [0.1, 0.15) is 24.6 Å². The molecular weight excluding hydrogens is 426 g/mol. The molecule has 34 heavy (non-hydrogen) atoms. The molecule has 2 saturated carbocycles. The first kappa shape index (κ1) is 23.4. The number of allylic oxidation sites excluding steroid dienone is 1. The summed E-state index contributed by atoms with van der Waals surface area (Å²) in [5, 5.41) is 12.8. The van der Waals surface area contributed by atoms with Crippen molar-refractivity contribution >= 4 is 16.7 Å².